The quantitative estimate of drug-likeness (QED) is 0.865. The highest BCUT2D eigenvalue weighted by molar-refractivity contribution is 5.56. The van der Waals surface area contributed by atoms with Gasteiger partial charge < -0.3 is 10.4 Å². The molecule has 2 N–H and O–H groups in total. The van der Waals surface area contributed by atoms with Crippen LogP contribution in [0.15, 0.2) is 6.07 Å². The Morgan fingerprint density at radius 3 is 2.65 bits per heavy atom. The number of aliphatic hydroxyl groups excluding tert-OH is 1. The number of aryl methyl sites for hydroxylation is 2. The first-order valence-electron chi connectivity index (χ1n) is 7.50. The smallest absolute Gasteiger partial charge is 0.144 e. The largest absolute Gasteiger partial charge is 0.394 e. The van der Waals surface area contributed by atoms with Crippen molar-refractivity contribution in [3.63, 3.8) is 0 Å². The maximum Gasteiger partial charge on any atom is 0.144 e. The zero-order valence-corrected chi connectivity index (χ0v) is 12.4. The van der Waals surface area contributed by atoms with Gasteiger partial charge in [-0.3, -0.25) is 0 Å². The molecule has 1 aliphatic carbocycles. The molecule has 1 aromatic heterocycles. The van der Waals surface area contributed by atoms with Crippen LogP contribution in [-0.2, 0) is 12.8 Å². The zero-order valence-electron chi connectivity index (χ0n) is 12.4. The molecule has 0 radical (unpaired) electrons. The normalized spacial score (nSPS) is 14.5. The molecule has 4 heteroatoms. The molecule has 1 aliphatic rings. The van der Waals surface area contributed by atoms with Crippen molar-refractivity contribution in [1.82, 2.24) is 4.98 Å². The second-order valence-corrected chi connectivity index (χ2v) is 5.58. The standard InChI is InChI=1S/C16H23N3O/c1-3-16(4-2,11-20)19-15-13(10-17)9-12-7-5-6-8-14(12)18-15/h9,20H,3-8,11H2,1-2H3,(H,18,19). The fourth-order valence-electron chi connectivity index (χ4n) is 2.76. The molecule has 108 valence electrons. The molecule has 20 heavy (non-hydrogen) atoms. The molecule has 0 bridgehead atoms. The van der Waals surface area contributed by atoms with Crippen LogP contribution in [0.1, 0.15) is 56.4 Å². The van der Waals surface area contributed by atoms with Crippen LogP contribution in [0.4, 0.5) is 5.82 Å². The van der Waals surface area contributed by atoms with Gasteiger partial charge in [0.05, 0.1) is 17.7 Å². The lowest BCUT2D eigenvalue weighted by Gasteiger charge is -2.32. The van der Waals surface area contributed by atoms with E-state index in [4.69, 9.17) is 0 Å². The van der Waals surface area contributed by atoms with Gasteiger partial charge in [0.1, 0.15) is 11.9 Å². The molecular weight excluding hydrogens is 250 g/mol. The lowest BCUT2D eigenvalue weighted by Crippen LogP contribution is -2.41. The molecule has 0 amide bonds. The Kier molecular flexibility index (Phi) is 4.61. The van der Waals surface area contributed by atoms with Gasteiger partial charge in [-0.25, -0.2) is 4.98 Å². The Bertz CT molecular complexity index is 507. The van der Waals surface area contributed by atoms with E-state index in [1.807, 2.05) is 19.9 Å². The number of aliphatic hydroxyl groups is 1. The Balaban J connectivity index is 2.38. The summed E-state index contributed by atoms with van der Waals surface area (Å²) in [7, 11) is 0. The maximum atomic E-state index is 9.67. The molecule has 0 fully saturated rings. The van der Waals surface area contributed by atoms with E-state index in [0.29, 0.717) is 11.4 Å². The summed E-state index contributed by atoms with van der Waals surface area (Å²) in [5, 5.41) is 22.3. The number of pyridine rings is 1. The summed E-state index contributed by atoms with van der Waals surface area (Å²) in [5.74, 6) is 0.630. The van der Waals surface area contributed by atoms with Gasteiger partial charge in [-0.1, -0.05) is 13.8 Å². The van der Waals surface area contributed by atoms with Crippen LogP contribution in [0.5, 0.6) is 0 Å². The van der Waals surface area contributed by atoms with Gasteiger partial charge in [0.15, 0.2) is 0 Å². The van der Waals surface area contributed by atoms with Gasteiger partial charge in [-0.2, -0.15) is 5.26 Å². The Hall–Kier alpha value is -1.60. The fourth-order valence-corrected chi connectivity index (χ4v) is 2.76. The minimum atomic E-state index is -0.387. The molecule has 0 saturated heterocycles. The average Bonchev–Trinajstić information content (AvgIpc) is 2.52. The summed E-state index contributed by atoms with van der Waals surface area (Å²) < 4.78 is 0. The third-order valence-electron chi connectivity index (χ3n) is 4.46. The molecule has 1 aromatic rings. The third-order valence-corrected chi connectivity index (χ3v) is 4.46. The van der Waals surface area contributed by atoms with E-state index in [0.717, 1.165) is 37.8 Å². The van der Waals surface area contributed by atoms with Gasteiger partial charge in [0.25, 0.3) is 0 Å². The van der Waals surface area contributed by atoms with Crippen molar-refractivity contribution in [1.29, 1.82) is 5.26 Å². The monoisotopic (exact) mass is 273 g/mol. The number of fused-ring (bicyclic) bond motifs is 1. The summed E-state index contributed by atoms with van der Waals surface area (Å²) in [5.41, 5.74) is 2.52. The van der Waals surface area contributed by atoms with Crippen LogP contribution < -0.4 is 5.32 Å². The first-order valence-corrected chi connectivity index (χ1v) is 7.50. The minimum Gasteiger partial charge on any atom is -0.394 e. The maximum absolute atomic E-state index is 9.67. The number of hydrogen-bond donors (Lipinski definition) is 2. The predicted octanol–water partition coefficient (Wildman–Crippen LogP) is 2.80. The number of rotatable bonds is 5. The second kappa shape index (κ2) is 6.23. The minimum absolute atomic E-state index is 0.0453. The highest BCUT2D eigenvalue weighted by atomic mass is 16.3. The van der Waals surface area contributed by atoms with E-state index in [2.05, 4.69) is 16.4 Å². The van der Waals surface area contributed by atoms with E-state index >= 15 is 0 Å². The molecule has 4 nitrogen and oxygen atoms in total. The van der Waals surface area contributed by atoms with E-state index in [9.17, 15) is 10.4 Å². The van der Waals surface area contributed by atoms with Crippen LogP contribution in [-0.4, -0.2) is 22.2 Å². The Morgan fingerprint density at radius 2 is 2.05 bits per heavy atom. The number of nitrogens with zero attached hydrogens (tertiary/aromatic N) is 2. The van der Waals surface area contributed by atoms with Gasteiger partial charge in [0.2, 0.25) is 0 Å². The summed E-state index contributed by atoms with van der Waals surface area (Å²) in [4.78, 5) is 4.67. The van der Waals surface area contributed by atoms with Crippen molar-refractivity contribution in [2.24, 2.45) is 0 Å². The van der Waals surface area contributed by atoms with Crippen molar-refractivity contribution < 1.29 is 5.11 Å². The fraction of sp³-hybridized carbons (Fsp3) is 0.625. The topological polar surface area (TPSA) is 68.9 Å². The van der Waals surface area contributed by atoms with Crippen LogP contribution in [0.2, 0.25) is 0 Å². The van der Waals surface area contributed by atoms with Crippen LogP contribution in [0.25, 0.3) is 0 Å². The summed E-state index contributed by atoms with van der Waals surface area (Å²) in [6.45, 7) is 4.12. The highest BCUT2D eigenvalue weighted by Gasteiger charge is 2.27. The Labute approximate surface area is 120 Å². The molecule has 0 atom stereocenters. The number of aromatic nitrogens is 1. The highest BCUT2D eigenvalue weighted by Crippen LogP contribution is 2.28. The SMILES string of the molecule is CCC(CC)(CO)Nc1nc2c(cc1C#N)CCCC2. The van der Waals surface area contributed by atoms with E-state index in [1.165, 1.54) is 12.0 Å². The summed E-state index contributed by atoms with van der Waals surface area (Å²) in [6, 6.07) is 4.20. The number of hydrogen-bond acceptors (Lipinski definition) is 4. The number of nitriles is 1. The molecule has 0 unspecified atom stereocenters. The average molecular weight is 273 g/mol. The molecule has 0 saturated carbocycles. The van der Waals surface area contributed by atoms with E-state index < -0.39 is 0 Å². The lowest BCUT2D eigenvalue weighted by atomic mass is 9.92. The van der Waals surface area contributed by atoms with Gasteiger partial charge >= 0.3 is 0 Å². The Morgan fingerprint density at radius 1 is 1.35 bits per heavy atom. The van der Waals surface area contributed by atoms with Crippen LogP contribution in [0, 0.1) is 11.3 Å². The number of nitrogens with one attached hydrogen (secondary N) is 1. The van der Waals surface area contributed by atoms with Crippen molar-refractivity contribution in [2.45, 2.75) is 57.9 Å². The zero-order chi connectivity index (χ0) is 14.6. The molecule has 2 rings (SSSR count). The molecule has 0 aromatic carbocycles. The summed E-state index contributed by atoms with van der Waals surface area (Å²) in [6.07, 6.45) is 5.94. The molecule has 0 spiro atoms. The van der Waals surface area contributed by atoms with E-state index in [1.54, 1.807) is 0 Å². The number of anilines is 1. The van der Waals surface area contributed by atoms with Crippen molar-refractivity contribution in [3.05, 3.63) is 22.9 Å². The molecule has 0 aliphatic heterocycles. The predicted molar refractivity (Wildman–Crippen MR) is 79.6 cm³/mol. The van der Waals surface area contributed by atoms with Crippen LogP contribution in [0.3, 0.4) is 0 Å². The van der Waals surface area contributed by atoms with Crippen molar-refractivity contribution >= 4 is 5.82 Å². The van der Waals surface area contributed by atoms with Crippen molar-refractivity contribution in [2.75, 3.05) is 11.9 Å². The summed E-state index contributed by atoms with van der Waals surface area (Å²) >= 11 is 0. The first kappa shape index (κ1) is 14.8. The first-order chi connectivity index (χ1) is 9.68. The van der Waals surface area contributed by atoms with Crippen molar-refractivity contribution in [3.8, 4) is 6.07 Å². The van der Waals surface area contributed by atoms with Gasteiger partial charge in [-0.05, 0) is 50.2 Å². The third kappa shape index (κ3) is 2.78. The lowest BCUT2D eigenvalue weighted by molar-refractivity contribution is 0.202. The molecule has 1 heterocycles. The second-order valence-electron chi connectivity index (χ2n) is 5.58. The van der Waals surface area contributed by atoms with Crippen LogP contribution >= 0.6 is 0 Å². The van der Waals surface area contributed by atoms with Gasteiger partial charge in [-0.15, -0.1) is 0 Å². The van der Waals surface area contributed by atoms with E-state index in [-0.39, 0.29) is 12.1 Å². The molecular formula is C16H23N3O. The van der Waals surface area contributed by atoms with Gasteiger partial charge in [0, 0.05) is 5.69 Å².